The number of rotatable bonds is 8. The first-order chi connectivity index (χ1) is 14.3. The van der Waals surface area contributed by atoms with Gasteiger partial charge >= 0.3 is 0 Å². The summed E-state index contributed by atoms with van der Waals surface area (Å²) in [6, 6.07) is 11.8. The Morgan fingerprint density at radius 2 is 1.93 bits per heavy atom. The lowest BCUT2D eigenvalue weighted by Gasteiger charge is -2.15. The fourth-order valence-corrected chi connectivity index (χ4v) is 4.40. The van der Waals surface area contributed by atoms with E-state index in [0.29, 0.717) is 31.0 Å². The van der Waals surface area contributed by atoms with Gasteiger partial charge in [0.05, 0.1) is 17.2 Å². The summed E-state index contributed by atoms with van der Waals surface area (Å²) in [5.41, 5.74) is 2.10. The number of fused-ring (bicyclic) bond motifs is 1. The Balaban J connectivity index is 1.58. The highest BCUT2D eigenvalue weighted by atomic mass is 32.2. The number of benzene rings is 2. The van der Waals surface area contributed by atoms with Gasteiger partial charge in [-0.05, 0) is 49.2 Å². The number of para-hydroxylation sites is 2. The largest absolute Gasteiger partial charge is 0.492 e. The fraction of sp³-hybridized carbons (Fsp3) is 0.333. The molecule has 2 amide bonds. The first-order valence-corrected chi connectivity index (χ1v) is 11.2. The van der Waals surface area contributed by atoms with Crippen molar-refractivity contribution < 1.29 is 22.7 Å². The molecule has 0 spiro atoms. The molecule has 1 heterocycles. The maximum atomic E-state index is 12.6. The monoisotopic (exact) mass is 431 g/mol. The van der Waals surface area contributed by atoms with Crippen LogP contribution in [0.25, 0.3) is 0 Å². The van der Waals surface area contributed by atoms with Gasteiger partial charge in [-0.3, -0.25) is 9.59 Å². The van der Waals surface area contributed by atoms with E-state index in [2.05, 4.69) is 10.0 Å². The molecule has 0 fully saturated rings. The van der Waals surface area contributed by atoms with Crippen molar-refractivity contribution in [3.05, 3.63) is 48.0 Å². The predicted octanol–water partition coefficient (Wildman–Crippen LogP) is 2.30. The highest BCUT2D eigenvalue weighted by molar-refractivity contribution is 7.89. The number of hydrogen-bond donors (Lipinski definition) is 2. The van der Waals surface area contributed by atoms with Gasteiger partial charge in [0.1, 0.15) is 5.75 Å². The SMILES string of the molecule is CCOc1ccccc1NC(=O)CCNS(=O)(=O)c1ccc2c(c1)CCN2C(C)=O. The first kappa shape index (κ1) is 21.8. The average Bonchev–Trinajstić information content (AvgIpc) is 3.13. The normalized spacial score (nSPS) is 13.1. The molecule has 0 radical (unpaired) electrons. The second kappa shape index (κ2) is 9.27. The molecule has 1 aliphatic rings. The van der Waals surface area contributed by atoms with Gasteiger partial charge in [-0.1, -0.05) is 12.1 Å². The first-order valence-electron chi connectivity index (χ1n) is 9.74. The molecule has 0 atom stereocenters. The van der Waals surface area contributed by atoms with Crippen LogP contribution >= 0.6 is 0 Å². The van der Waals surface area contributed by atoms with Crippen molar-refractivity contribution in [2.75, 3.05) is 29.9 Å². The summed E-state index contributed by atoms with van der Waals surface area (Å²) in [5, 5.41) is 2.73. The Morgan fingerprint density at radius 1 is 1.17 bits per heavy atom. The second-order valence-corrected chi connectivity index (χ2v) is 8.60. The maximum Gasteiger partial charge on any atom is 0.240 e. The van der Waals surface area contributed by atoms with Crippen molar-refractivity contribution in [3.63, 3.8) is 0 Å². The van der Waals surface area contributed by atoms with Crippen LogP contribution < -0.4 is 19.7 Å². The van der Waals surface area contributed by atoms with Gasteiger partial charge in [-0.15, -0.1) is 0 Å². The quantitative estimate of drug-likeness (QED) is 0.667. The van der Waals surface area contributed by atoms with Crippen molar-refractivity contribution in [1.29, 1.82) is 0 Å². The number of anilines is 2. The standard InChI is InChI=1S/C21H25N3O5S/c1-3-29-20-7-5-4-6-18(20)23-21(26)10-12-22-30(27,28)17-8-9-19-16(14-17)11-13-24(19)15(2)25/h4-9,14,22H,3,10-13H2,1-2H3,(H,23,26). The molecular formula is C21H25N3O5S. The number of hydrogen-bond acceptors (Lipinski definition) is 5. The summed E-state index contributed by atoms with van der Waals surface area (Å²) < 4.78 is 33.1. The van der Waals surface area contributed by atoms with Crippen LogP contribution in [0.15, 0.2) is 47.4 Å². The van der Waals surface area contributed by atoms with E-state index in [1.165, 1.54) is 13.0 Å². The zero-order valence-corrected chi connectivity index (χ0v) is 17.8. The van der Waals surface area contributed by atoms with E-state index < -0.39 is 10.0 Å². The summed E-state index contributed by atoms with van der Waals surface area (Å²) in [6.07, 6.45) is 0.586. The molecule has 0 bridgehead atoms. The molecule has 3 rings (SSSR count). The molecular weight excluding hydrogens is 406 g/mol. The van der Waals surface area contributed by atoms with E-state index in [0.717, 1.165) is 11.3 Å². The molecule has 8 nitrogen and oxygen atoms in total. The van der Waals surface area contributed by atoms with Gasteiger partial charge in [-0.25, -0.2) is 13.1 Å². The number of carbonyl (C=O) groups excluding carboxylic acids is 2. The summed E-state index contributed by atoms with van der Waals surface area (Å²) in [5.74, 6) is 0.169. The van der Waals surface area contributed by atoms with Gasteiger partial charge in [-0.2, -0.15) is 0 Å². The molecule has 160 valence electrons. The van der Waals surface area contributed by atoms with E-state index in [1.807, 2.05) is 6.92 Å². The van der Waals surface area contributed by atoms with Crippen molar-refractivity contribution in [2.45, 2.75) is 31.6 Å². The number of ether oxygens (including phenoxy) is 1. The Morgan fingerprint density at radius 3 is 2.67 bits per heavy atom. The van der Waals surface area contributed by atoms with Crippen LogP contribution in [0.4, 0.5) is 11.4 Å². The molecule has 1 aliphatic heterocycles. The minimum absolute atomic E-state index is 0.0251. The van der Waals surface area contributed by atoms with Gasteiger partial charge in [0.2, 0.25) is 21.8 Å². The Bertz CT molecular complexity index is 1050. The van der Waals surface area contributed by atoms with Crippen LogP contribution in [0.1, 0.15) is 25.8 Å². The van der Waals surface area contributed by atoms with Gasteiger partial charge in [0, 0.05) is 32.1 Å². The molecule has 30 heavy (non-hydrogen) atoms. The van der Waals surface area contributed by atoms with Crippen LogP contribution in [0.2, 0.25) is 0 Å². The zero-order valence-electron chi connectivity index (χ0n) is 17.0. The van der Waals surface area contributed by atoms with Crippen LogP contribution in [-0.4, -0.2) is 39.9 Å². The third-order valence-corrected chi connectivity index (χ3v) is 6.20. The fourth-order valence-electron chi connectivity index (χ4n) is 3.32. The van der Waals surface area contributed by atoms with Crippen LogP contribution in [0.3, 0.4) is 0 Å². The highest BCUT2D eigenvalue weighted by Crippen LogP contribution is 2.30. The number of amides is 2. The van der Waals surface area contributed by atoms with E-state index in [-0.39, 0.29) is 29.7 Å². The third-order valence-electron chi connectivity index (χ3n) is 4.74. The summed E-state index contributed by atoms with van der Waals surface area (Å²) in [7, 11) is -3.76. The van der Waals surface area contributed by atoms with Gasteiger partial charge < -0.3 is 15.0 Å². The lowest BCUT2D eigenvalue weighted by molar-refractivity contribution is -0.117. The number of nitrogens with zero attached hydrogens (tertiary/aromatic N) is 1. The second-order valence-electron chi connectivity index (χ2n) is 6.84. The zero-order chi connectivity index (χ0) is 21.7. The molecule has 0 aliphatic carbocycles. The smallest absolute Gasteiger partial charge is 0.240 e. The average molecular weight is 432 g/mol. The number of carbonyl (C=O) groups is 2. The highest BCUT2D eigenvalue weighted by Gasteiger charge is 2.24. The van der Waals surface area contributed by atoms with Crippen LogP contribution in [-0.2, 0) is 26.0 Å². The predicted molar refractivity (Wildman–Crippen MR) is 114 cm³/mol. The molecule has 0 aromatic heterocycles. The maximum absolute atomic E-state index is 12.6. The van der Waals surface area contributed by atoms with E-state index >= 15 is 0 Å². The van der Waals surface area contributed by atoms with Crippen molar-refractivity contribution in [1.82, 2.24) is 4.72 Å². The van der Waals surface area contributed by atoms with Crippen LogP contribution in [0, 0.1) is 0 Å². The summed E-state index contributed by atoms with van der Waals surface area (Å²) >= 11 is 0. The lowest BCUT2D eigenvalue weighted by Crippen LogP contribution is -2.28. The Labute approximate surface area is 176 Å². The van der Waals surface area contributed by atoms with Crippen molar-refractivity contribution in [2.24, 2.45) is 0 Å². The van der Waals surface area contributed by atoms with Crippen molar-refractivity contribution >= 4 is 33.2 Å². The van der Waals surface area contributed by atoms with Crippen LogP contribution in [0.5, 0.6) is 5.75 Å². The summed E-state index contributed by atoms with van der Waals surface area (Å²) in [4.78, 5) is 25.6. The minimum Gasteiger partial charge on any atom is -0.492 e. The molecule has 9 heteroatoms. The molecule has 2 aromatic carbocycles. The third kappa shape index (κ3) is 4.98. The molecule has 0 saturated heterocycles. The number of nitrogens with one attached hydrogen (secondary N) is 2. The lowest BCUT2D eigenvalue weighted by atomic mass is 10.2. The molecule has 0 unspecified atom stereocenters. The van der Waals surface area contributed by atoms with E-state index in [1.54, 1.807) is 41.3 Å². The molecule has 2 N–H and O–H groups in total. The number of sulfonamides is 1. The Kier molecular flexibility index (Phi) is 6.73. The minimum atomic E-state index is -3.76. The molecule has 2 aromatic rings. The Hall–Kier alpha value is -2.91. The van der Waals surface area contributed by atoms with Crippen molar-refractivity contribution in [3.8, 4) is 5.75 Å². The topological polar surface area (TPSA) is 105 Å². The van der Waals surface area contributed by atoms with E-state index in [9.17, 15) is 18.0 Å². The molecule has 0 saturated carbocycles. The summed E-state index contributed by atoms with van der Waals surface area (Å²) in [6.45, 7) is 4.31. The van der Waals surface area contributed by atoms with E-state index in [4.69, 9.17) is 4.74 Å². The van der Waals surface area contributed by atoms with Gasteiger partial charge in [0.25, 0.3) is 0 Å². The van der Waals surface area contributed by atoms with Gasteiger partial charge in [0.15, 0.2) is 0 Å².